The highest BCUT2D eigenvalue weighted by molar-refractivity contribution is 5.75. The summed E-state index contributed by atoms with van der Waals surface area (Å²) in [6.07, 6.45) is 0.831. The number of ether oxygens (including phenoxy) is 2. The van der Waals surface area contributed by atoms with Crippen molar-refractivity contribution in [2.24, 2.45) is 5.92 Å². The van der Waals surface area contributed by atoms with Crippen LogP contribution in [0.1, 0.15) is 65.0 Å². The fourth-order valence-electron chi connectivity index (χ4n) is 3.82. The largest absolute Gasteiger partial charge is 0.429 e. The quantitative estimate of drug-likeness (QED) is 0.273. The summed E-state index contributed by atoms with van der Waals surface area (Å²) in [6, 6.07) is 16.2. The second kappa shape index (κ2) is 11.7. The topological polar surface area (TPSA) is 55.8 Å². The van der Waals surface area contributed by atoms with Gasteiger partial charge in [-0.2, -0.15) is 0 Å². The van der Waals surface area contributed by atoms with Crippen LogP contribution in [0.3, 0.4) is 0 Å². The third kappa shape index (κ3) is 6.93. The molecule has 5 nitrogen and oxygen atoms in total. The third-order valence-electron chi connectivity index (χ3n) is 5.43. The van der Waals surface area contributed by atoms with Crippen molar-refractivity contribution in [3.63, 3.8) is 0 Å². The average molecular weight is 426 g/mol. The van der Waals surface area contributed by atoms with Gasteiger partial charge in [0.25, 0.3) is 6.47 Å². The number of nitrogens with zero attached hydrogens (tertiary/aromatic N) is 1. The molecule has 168 valence electrons. The van der Waals surface area contributed by atoms with E-state index in [0.717, 1.165) is 24.1 Å². The summed E-state index contributed by atoms with van der Waals surface area (Å²) in [6.45, 7) is 13.7. The predicted molar refractivity (Wildman–Crippen MR) is 123 cm³/mol. The number of hydrogen-bond acceptors (Lipinski definition) is 5. The average Bonchev–Trinajstić information content (AvgIpc) is 2.72. The van der Waals surface area contributed by atoms with Crippen molar-refractivity contribution in [3.8, 4) is 11.5 Å². The van der Waals surface area contributed by atoms with Crippen LogP contribution in [0, 0.1) is 5.92 Å². The molecule has 0 aliphatic carbocycles. The van der Waals surface area contributed by atoms with E-state index in [1.54, 1.807) is 12.1 Å². The fraction of sp³-hybridized carbons (Fsp3) is 0.462. The first kappa shape index (κ1) is 24.6. The Kier molecular flexibility index (Phi) is 9.25. The molecule has 0 N–H and O–H groups in total. The lowest BCUT2D eigenvalue weighted by molar-refractivity contribution is -0.137. The zero-order chi connectivity index (χ0) is 23.0. The van der Waals surface area contributed by atoms with Gasteiger partial charge >= 0.3 is 5.97 Å². The molecule has 31 heavy (non-hydrogen) atoms. The van der Waals surface area contributed by atoms with E-state index in [1.165, 1.54) is 0 Å². The van der Waals surface area contributed by atoms with Crippen LogP contribution in [0.25, 0.3) is 0 Å². The van der Waals surface area contributed by atoms with Crippen molar-refractivity contribution in [1.29, 1.82) is 0 Å². The van der Waals surface area contributed by atoms with Gasteiger partial charge in [0.15, 0.2) is 0 Å². The molecule has 1 atom stereocenters. The first-order chi connectivity index (χ1) is 14.7. The predicted octanol–water partition coefficient (Wildman–Crippen LogP) is 5.42. The minimum Gasteiger partial charge on any atom is -0.429 e. The van der Waals surface area contributed by atoms with E-state index in [2.05, 4.69) is 44.7 Å². The normalized spacial score (nSPS) is 12.5. The smallest absolute Gasteiger partial charge is 0.313 e. The summed E-state index contributed by atoms with van der Waals surface area (Å²) in [7, 11) is 0. The zero-order valence-corrected chi connectivity index (χ0v) is 19.5. The molecule has 0 amide bonds. The molecule has 0 aromatic heterocycles. The number of rotatable bonds is 11. The van der Waals surface area contributed by atoms with E-state index < -0.39 is 0 Å². The van der Waals surface area contributed by atoms with Gasteiger partial charge in [-0.25, -0.2) is 0 Å². The van der Waals surface area contributed by atoms with Crippen LogP contribution in [0.15, 0.2) is 48.5 Å². The van der Waals surface area contributed by atoms with Crippen LogP contribution >= 0.6 is 0 Å². The summed E-state index contributed by atoms with van der Waals surface area (Å²) in [5.74, 6) is 0.382. The van der Waals surface area contributed by atoms with Crippen LogP contribution in [0.2, 0.25) is 0 Å². The van der Waals surface area contributed by atoms with Crippen LogP contribution in [0.5, 0.6) is 11.5 Å². The van der Waals surface area contributed by atoms with Crippen LogP contribution in [-0.4, -0.2) is 36.0 Å². The highest BCUT2D eigenvalue weighted by Gasteiger charge is 2.24. The van der Waals surface area contributed by atoms with Gasteiger partial charge in [-0.05, 0) is 64.4 Å². The molecule has 0 heterocycles. The molecule has 0 aliphatic heterocycles. The van der Waals surface area contributed by atoms with Gasteiger partial charge in [-0.1, -0.05) is 44.2 Å². The fourth-order valence-corrected chi connectivity index (χ4v) is 3.82. The number of hydrogen-bond donors (Lipinski definition) is 0. The van der Waals surface area contributed by atoms with Crippen molar-refractivity contribution >= 4 is 12.4 Å². The molecule has 2 aromatic rings. The number of benzene rings is 2. The SMILES string of the molecule is CC(C)C(=O)Oc1ccc(OC=O)cc1C(CCN(C(C)C)C(C)C)c1ccccc1. The van der Waals surface area contributed by atoms with Gasteiger partial charge in [-0.15, -0.1) is 0 Å². The maximum absolute atomic E-state index is 12.4. The minimum absolute atomic E-state index is 0.0219. The molecular weight excluding hydrogens is 390 g/mol. The molecule has 0 radical (unpaired) electrons. The molecule has 0 spiro atoms. The zero-order valence-electron chi connectivity index (χ0n) is 19.5. The van der Waals surface area contributed by atoms with Crippen molar-refractivity contribution in [3.05, 3.63) is 59.7 Å². The number of carbonyl (C=O) groups excluding carboxylic acids is 2. The molecule has 0 saturated heterocycles. The van der Waals surface area contributed by atoms with Gasteiger partial charge in [-0.3, -0.25) is 14.5 Å². The molecule has 0 fully saturated rings. The molecule has 2 aromatic carbocycles. The molecule has 0 aliphatic rings. The lowest BCUT2D eigenvalue weighted by Crippen LogP contribution is -2.38. The summed E-state index contributed by atoms with van der Waals surface area (Å²) >= 11 is 0. The maximum Gasteiger partial charge on any atom is 0.313 e. The molecule has 0 bridgehead atoms. The Balaban J connectivity index is 2.50. The Hall–Kier alpha value is -2.66. The summed E-state index contributed by atoms with van der Waals surface area (Å²) in [4.78, 5) is 25.7. The van der Waals surface area contributed by atoms with Crippen LogP contribution in [-0.2, 0) is 9.59 Å². The van der Waals surface area contributed by atoms with E-state index in [4.69, 9.17) is 9.47 Å². The van der Waals surface area contributed by atoms with Gasteiger partial charge in [0, 0.05) is 23.6 Å². The lowest BCUT2D eigenvalue weighted by atomic mass is 9.87. The molecule has 5 heteroatoms. The molecule has 1 unspecified atom stereocenters. The Bertz CT molecular complexity index is 838. The Morgan fingerprint density at radius 3 is 2.16 bits per heavy atom. The monoisotopic (exact) mass is 425 g/mol. The standard InChI is InChI=1S/C26H35NO4/c1-18(2)26(29)31-25-13-12-22(30-17-28)16-24(25)23(21-10-8-7-9-11-21)14-15-27(19(3)4)20(5)6/h7-13,16-20,23H,14-15H2,1-6H3. The van der Waals surface area contributed by atoms with Crippen molar-refractivity contribution in [2.45, 2.75) is 66.0 Å². The highest BCUT2D eigenvalue weighted by atomic mass is 16.5. The van der Waals surface area contributed by atoms with Crippen LogP contribution in [0.4, 0.5) is 0 Å². The second-order valence-corrected chi connectivity index (χ2v) is 8.67. The van der Waals surface area contributed by atoms with E-state index >= 15 is 0 Å². The summed E-state index contributed by atoms with van der Waals surface area (Å²) in [5.41, 5.74) is 1.96. The van der Waals surface area contributed by atoms with E-state index in [-0.39, 0.29) is 17.8 Å². The van der Waals surface area contributed by atoms with Gasteiger partial charge in [0.05, 0.1) is 5.92 Å². The van der Waals surface area contributed by atoms with E-state index in [9.17, 15) is 9.59 Å². The Morgan fingerprint density at radius 1 is 0.968 bits per heavy atom. The van der Waals surface area contributed by atoms with E-state index in [1.807, 2.05) is 38.1 Å². The maximum atomic E-state index is 12.4. The highest BCUT2D eigenvalue weighted by Crippen LogP contribution is 2.37. The molecule has 2 rings (SSSR count). The third-order valence-corrected chi connectivity index (χ3v) is 5.43. The lowest BCUT2D eigenvalue weighted by Gasteiger charge is -2.32. The molecule has 0 saturated carbocycles. The van der Waals surface area contributed by atoms with Gasteiger partial charge in [0.2, 0.25) is 0 Å². The number of esters is 1. The van der Waals surface area contributed by atoms with E-state index in [0.29, 0.717) is 30.1 Å². The minimum atomic E-state index is -0.289. The number of carbonyl (C=O) groups is 2. The van der Waals surface area contributed by atoms with Crippen LogP contribution < -0.4 is 9.47 Å². The van der Waals surface area contributed by atoms with Crippen molar-refractivity contribution in [1.82, 2.24) is 4.90 Å². The Morgan fingerprint density at radius 2 is 1.61 bits per heavy atom. The summed E-state index contributed by atoms with van der Waals surface area (Å²) < 4.78 is 10.9. The first-order valence-electron chi connectivity index (χ1n) is 11.0. The molecular formula is C26H35NO4. The second-order valence-electron chi connectivity index (χ2n) is 8.67. The first-order valence-corrected chi connectivity index (χ1v) is 11.0. The van der Waals surface area contributed by atoms with Gasteiger partial charge < -0.3 is 9.47 Å². The summed E-state index contributed by atoms with van der Waals surface area (Å²) in [5, 5.41) is 0. The van der Waals surface area contributed by atoms with Crippen molar-refractivity contribution in [2.75, 3.05) is 6.54 Å². The Labute approximate surface area is 186 Å². The van der Waals surface area contributed by atoms with Gasteiger partial charge in [0.1, 0.15) is 11.5 Å². The van der Waals surface area contributed by atoms with Crippen molar-refractivity contribution < 1.29 is 19.1 Å².